The number of hydrogen-bond donors (Lipinski definition) is 2. The van der Waals surface area contributed by atoms with E-state index in [9.17, 15) is 4.79 Å². The second-order valence-electron chi connectivity index (χ2n) is 4.79. The molecule has 0 aliphatic carbocycles. The summed E-state index contributed by atoms with van der Waals surface area (Å²) in [5.41, 5.74) is 0.562. The first kappa shape index (κ1) is 14.5. The molecule has 0 bridgehead atoms. The number of rotatable bonds is 6. The quantitative estimate of drug-likeness (QED) is 0.811. The maximum absolute atomic E-state index is 11.7. The molecule has 2 N–H and O–H groups in total. The smallest absolute Gasteiger partial charge is 0.251 e. The molecule has 100 valence electrons. The highest BCUT2D eigenvalue weighted by Gasteiger charge is 2.08. The number of aliphatic hydroxyl groups is 1. The third-order valence-electron chi connectivity index (χ3n) is 2.35. The second-order valence-corrected chi connectivity index (χ2v) is 4.79. The SMILES string of the molecule is CC(C)COc1ccc(C(=O)NC(C)CO)cc1. The molecular formula is C14H21NO3. The van der Waals surface area contributed by atoms with Crippen LogP contribution >= 0.6 is 0 Å². The van der Waals surface area contributed by atoms with E-state index >= 15 is 0 Å². The molecule has 4 heteroatoms. The zero-order valence-corrected chi connectivity index (χ0v) is 11.1. The lowest BCUT2D eigenvalue weighted by molar-refractivity contribution is 0.0922. The van der Waals surface area contributed by atoms with Crippen LogP contribution in [0.2, 0.25) is 0 Å². The Morgan fingerprint density at radius 3 is 2.39 bits per heavy atom. The van der Waals surface area contributed by atoms with Crippen LogP contribution in [0.5, 0.6) is 5.75 Å². The van der Waals surface area contributed by atoms with Crippen LogP contribution in [0.1, 0.15) is 31.1 Å². The molecule has 1 rings (SSSR count). The van der Waals surface area contributed by atoms with Gasteiger partial charge in [-0.15, -0.1) is 0 Å². The number of benzene rings is 1. The van der Waals surface area contributed by atoms with Crippen molar-refractivity contribution in [1.82, 2.24) is 5.32 Å². The summed E-state index contributed by atoms with van der Waals surface area (Å²) in [6.45, 7) is 6.50. The summed E-state index contributed by atoms with van der Waals surface area (Å²) >= 11 is 0. The predicted octanol–water partition coefficient (Wildman–Crippen LogP) is 1.83. The summed E-state index contributed by atoms with van der Waals surface area (Å²) in [6.07, 6.45) is 0. The number of amides is 1. The average molecular weight is 251 g/mol. The van der Waals surface area contributed by atoms with Gasteiger partial charge in [0.25, 0.3) is 5.91 Å². The number of carbonyl (C=O) groups is 1. The number of hydrogen-bond acceptors (Lipinski definition) is 3. The van der Waals surface area contributed by atoms with Crippen LogP contribution in [-0.4, -0.2) is 30.3 Å². The van der Waals surface area contributed by atoms with Gasteiger partial charge in [-0.25, -0.2) is 0 Å². The van der Waals surface area contributed by atoms with Gasteiger partial charge < -0.3 is 15.2 Å². The third-order valence-corrected chi connectivity index (χ3v) is 2.35. The molecule has 1 aromatic rings. The van der Waals surface area contributed by atoms with Crippen molar-refractivity contribution in [2.75, 3.05) is 13.2 Å². The molecule has 4 nitrogen and oxygen atoms in total. The van der Waals surface area contributed by atoms with Gasteiger partial charge in [-0.05, 0) is 37.1 Å². The fraction of sp³-hybridized carbons (Fsp3) is 0.500. The Bertz CT molecular complexity index is 373. The number of aliphatic hydroxyl groups excluding tert-OH is 1. The largest absolute Gasteiger partial charge is 0.493 e. The zero-order chi connectivity index (χ0) is 13.5. The minimum absolute atomic E-state index is 0.0681. The number of ether oxygens (including phenoxy) is 1. The maximum Gasteiger partial charge on any atom is 0.251 e. The molecule has 0 aliphatic heterocycles. The van der Waals surface area contributed by atoms with Crippen LogP contribution < -0.4 is 10.1 Å². The van der Waals surface area contributed by atoms with Crippen LogP contribution in [0.3, 0.4) is 0 Å². The van der Waals surface area contributed by atoms with Crippen molar-refractivity contribution >= 4 is 5.91 Å². The zero-order valence-electron chi connectivity index (χ0n) is 11.1. The first-order valence-electron chi connectivity index (χ1n) is 6.17. The summed E-state index contributed by atoms with van der Waals surface area (Å²) in [6, 6.07) is 6.75. The summed E-state index contributed by atoms with van der Waals surface area (Å²) < 4.78 is 5.53. The van der Waals surface area contributed by atoms with Gasteiger partial charge >= 0.3 is 0 Å². The Balaban J connectivity index is 2.56. The van der Waals surface area contributed by atoms with Crippen LogP contribution in [0, 0.1) is 5.92 Å². The average Bonchev–Trinajstić information content (AvgIpc) is 2.36. The maximum atomic E-state index is 11.7. The Morgan fingerprint density at radius 1 is 1.28 bits per heavy atom. The van der Waals surface area contributed by atoms with E-state index in [4.69, 9.17) is 9.84 Å². The molecule has 0 fully saturated rings. The topological polar surface area (TPSA) is 58.6 Å². The van der Waals surface area contributed by atoms with Gasteiger partial charge in [0.2, 0.25) is 0 Å². The van der Waals surface area contributed by atoms with E-state index in [0.717, 1.165) is 5.75 Å². The van der Waals surface area contributed by atoms with Gasteiger partial charge in [0.1, 0.15) is 5.75 Å². The van der Waals surface area contributed by atoms with E-state index in [2.05, 4.69) is 19.2 Å². The summed E-state index contributed by atoms with van der Waals surface area (Å²) in [5, 5.41) is 11.5. The highest BCUT2D eigenvalue weighted by molar-refractivity contribution is 5.94. The number of carbonyl (C=O) groups excluding carboxylic acids is 1. The molecule has 18 heavy (non-hydrogen) atoms. The molecule has 0 saturated heterocycles. The summed E-state index contributed by atoms with van der Waals surface area (Å²) in [5.74, 6) is 1.04. The molecule has 0 saturated carbocycles. The molecule has 1 aromatic carbocycles. The normalized spacial score (nSPS) is 12.3. The van der Waals surface area contributed by atoms with Crippen molar-refractivity contribution in [2.24, 2.45) is 5.92 Å². The lowest BCUT2D eigenvalue weighted by Crippen LogP contribution is -2.34. The van der Waals surface area contributed by atoms with E-state index in [0.29, 0.717) is 18.1 Å². The highest BCUT2D eigenvalue weighted by Crippen LogP contribution is 2.13. The molecule has 0 spiro atoms. The molecule has 0 aliphatic rings. The fourth-order valence-corrected chi connectivity index (χ4v) is 1.32. The van der Waals surface area contributed by atoms with E-state index in [-0.39, 0.29) is 18.6 Å². The van der Waals surface area contributed by atoms with Crippen molar-refractivity contribution < 1.29 is 14.6 Å². The van der Waals surface area contributed by atoms with Crippen molar-refractivity contribution in [3.05, 3.63) is 29.8 Å². The predicted molar refractivity (Wildman–Crippen MR) is 70.8 cm³/mol. The molecule has 1 amide bonds. The fourth-order valence-electron chi connectivity index (χ4n) is 1.32. The minimum Gasteiger partial charge on any atom is -0.493 e. The van der Waals surface area contributed by atoms with Crippen molar-refractivity contribution in [3.8, 4) is 5.75 Å². The van der Waals surface area contributed by atoms with E-state index in [1.54, 1.807) is 31.2 Å². The third kappa shape index (κ3) is 4.75. The van der Waals surface area contributed by atoms with E-state index < -0.39 is 0 Å². The van der Waals surface area contributed by atoms with E-state index in [1.165, 1.54) is 0 Å². The molecular weight excluding hydrogens is 230 g/mol. The van der Waals surface area contributed by atoms with Crippen LogP contribution in [-0.2, 0) is 0 Å². The first-order chi connectivity index (χ1) is 8.52. The molecule has 0 heterocycles. The summed E-state index contributed by atoms with van der Waals surface area (Å²) in [7, 11) is 0. The Morgan fingerprint density at radius 2 is 1.89 bits per heavy atom. The van der Waals surface area contributed by atoms with Crippen LogP contribution in [0.4, 0.5) is 0 Å². The van der Waals surface area contributed by atoms with Crippen molar-refractivity contribution in [1.29, 1.82) is 0 Å². The molecule has 1 unspecified atom stereocenters. The van der Waals surface area contributed by atoms with Crippen molar-refractivity contribution in [3.63, 3.8) is 0 Å². The second kappa shape index (κ2) is 7.01. The van der Waals surface area contributed by atoms with Gasteiger partial charge in [-0.3, -0.25) is 4.79 Å². The van der Waals surface area contributed by atoms with Crippen LogP contribution in [0.15, 0.2) is 24.3 Å². The monoisotopic (exact) mass is 251 g/mol. The lowest BCUT2D eigenvalue weighted by atomic mass is 10.2. The Kier molecular flexibility index (Phi) is 5.65. The van der Waals surface area contributed by atoms with Gasteiger partial charge in [0, 0.05) is 11.6 Å². The van der Waals surface area contributed by atoms with E-state index in [1.807, 2.05) is 0 Å². The minimum atomic E-state index is -0.241. The number of nitrogens with one attached hydrogen (secondary N) is 1. The molecule has 0 aromatic heterocycles. The first-order valence-corrected chi connectivity index (χ1v) is 6.17. The van der Waals surface area contributed by atoms with Gasteiger partial charge in [-0.1, -0.05) is 13.8 Å². The summed E-state index contributed by atoms with van der Waals surface area (Å²) in [4.78, 5) is 11.7. The molecule has 0 radical (unpaired) electrons. The van der Waals surface area contributed by atoms with Crippen molar-refractivity contribution in [2.45, 2.75) is 26.8 Å². The molecule has 1 atom stereocenters. The highest BCUT2D eigenvalue weighted by atomic mass is 16.5. The Labute approximate surface area is 108 Å². The Hall–Kier alpha value is -1.55. The van der Waals surface area contributed by atoms with Gasteiger partial charge in [-0.2, -0.15) is 0 Å². The van der Waals surface area contributed by atoms with Crippen LogP contribution in [0.25, 0.3) is 0 Å². The lowest BCUT2D eigenvalue weighted by Gasteiger charge is -2.12. The van der Waals surface area contributed by atoms with Gasteiger partial charge in [0.05, 0.1) is 13.2 Å². The standard InChI is InChI=1S/C14H21NO3/c1-10(2)9-18-13-6-4-12(5-7-13)14(17)15-11(3)8-16/h4-7,10-11,16H,8-9H2,1-3H3,(H,15,17). The van der Waals surface area contributed by atoms with Gasteiger partial charge in [0.15, 0.2) is 0 Å².